The number of amides is 2. The maximum absolute atomic E-state index is 13.0. The van der Waals surface area contributed by atoms with Gasteiger partial charge in [0.05, 0.1) is 27.8 Å². The van der Waals surface area contributed by atoms with Gasteiger partial charge in [0.1, 0.15) is 5.82 Å². The van der Waals surface area contributed by atoms with Gasteiger partial charge in [-0.15, -0.1) is 0 Å². The second kappa shape index (κ2) is 6.93. The van der Waals surface area contributed by atoms with Gasteiger partial charge < -0.3 is 20.8 Å². The molecule has 6 nitrogen and oxygen atoms in total. The number of aliphatic hydroxyl groups is 1. The van der Waals surface area contributed by atoms with Gasteiger partial charge in [0.25, 0.3) is 0 Å². The Kier molecular flexibility index (Phi) is 5.77. The minimum absolute atomic E-state index is 0.00936. The van der Waals surface area contributed by atoms with Crippen LogP contribution < -0.4 is 10.6 Å². The highest BCUT2D eigenvalue weighted by atomic mass is 35.5. The molecule has 21 heavy (non-hydrogen) atoms. The fraction of sp³-hybridized carbons (Fsp3) is 0.333. The van der Waals surface area contributed by atoms with Gasteiger partial charge in [-0.2, -0.15) is 0 Å². The summed E-state index contributed by atoms with van der Waals surface area (Å²) < 4.78 is 13.0. The summed E-state index contributed by atoms with van der Waals surface area (Å²) in [6.07, 6.45) is -0.536. The quantitative estimate of drug-likeness (QED) is 0.662. The van der Waals surface area contributed by atoms with E-state index < -0.39 is 29.8 Å². The van der Waals surface area contributed by atoms with Crippen molar-refractivity contribution in [1.82, 2.24) is 5.32 Å². The number of nitrogens with one attached hydrogen (secondary N) is 2. The van der Waals surface area contributed by atoms with E-state index in [2.05, 4.69) is 10.6 Å². The molecule has 0 aliphatic carbocycles. The number of carbonyl (C=O) groups excluding carboxylic acids is 1. The normalized spacial score (nSPS) is 13.4. The lowest BCUT2D eigenvalue weighted by Crippen LogP contribution is -2.43. The van der Waals surface area contributed by atoms with Crippen molar-refractivity contribution in [2.75, 3.05) is 11.9 Å². The molecule has 2 amide bonds. The SMILES string of the molecule is CC(O)(CNC(=O)Nc1c(Cl)cc(F)cc1Cl)CC(=O)O. The Labute approximate surface area is 129 Å². The first-order chi connectivity index (χ1) is 9.60. The molecule has 0 aliphatic heterocycles. The molecule has 0 saturated heterocycles. The van der Waals surface area contributed by atoms with E-state index in [4.69, 9.17) is 28.3 Å². The molecule has 0 aromatic heterocycles. The number of carbonyl (C=O) groups is 2. The Balaban J connectivity index is 2.65. The number of carboxylic acids is 1. The molecule has 0 heterocycles. The summed E-state index contributed by atoms with van der Waals surface area (Å²) in [5.41, 5.74) is -1.60. The maximum Gasteiger partial charge on any atom is 0.319 e. The highest BCUT2D eigenvalue weighted by molar-refractivity contribution is 6.39. The molecule has 1 rings (SSSR count). The Morgan fingerprint density at radius 3 is 2.33 bits per heavy atom. The van der Waals surface area contributed by atoms with Crippen LogP contribution in [0.15, 0.2) is 12.1 Å². The number of hydrogen-bond acceptors (Lipinski definition) is 3. The molecule has 116 valence electrons. The topological polar surface area (TPSA) is 98.7 Å². The molecule has 4 N–H and O–H groups in total. The van der Waals surface area contributed by atoms with E-state index in [-0.39, 0.29) is 22.3 Å². The fourth-order valence-corrected chi connectivity index (χ4v) is 2.03. The third-order valence-corrected chi connectivity index (χ3v) is 3.00. The zero-order valence-electron chi connectivity index (χ0n) is 10.9. The summed E-state index contributed by atoms with van der Waals surface area (Å²) in [6, 6.07) is 1.18. The minimum Gasteiger partial charge on any atom is -0.481 e. The van der Waals surface area contributed by atoms with Crippen molar-refractivity contribution >= 4 is 40.9 Å². The van der Waals surface area contributed by atoms with E-state index >= 15 is 0 Å². The molecule has 0 aliphatic rings. The standard InChI is InChI=1S/C12H13Cl2FN2O4/c1-12(21,4-9(18)19)5-16-11(20)17-10-7(13)2-6(15)3-8(10)14/h2-3,21H,4-5H2,1H3,(H,18,19)(H2,16,17,20). The Bertz CT molecular complexity index is 543. The average molecular weight is 339 g/mol. The Morgan fingerprint density at radius 1 is 1.33 bits per heavy atom. The van der Waals surface area contributed by atoms with Crippen molar-refractivity contribution in [2.45, 2.75) is 18.9 Å². The highest BCUT2D eigenvalue weighted by Crippen LogP contribution is 2.31. The largest absolute Gasteiger partial charge is 0.481 e. The van der Waals surface area contributed by atoms with Crippen molar-refractivity contribution < 1.29 is 24.2 Å². The number of urea groups is 1. The van der Waals surface area contributed by atoms with Crippen molar-refractivity contribution in [3.05, 3.63) is 28.0 Å². The minimum atomic E-state index is -1.61. The summed E-state index contributed by atoms with van der Waals surface area (Å²) >= 11 is 11.5. The van der Waals surface area contributed by atoms with Crippen LogP contribution in [0.3, 0.4) is 0 Å². The zero-order chi connectivity index (χ0) is 16.2. The molecule has 0 radical (unpaired) electrons. The summed E-state index contributed by atoms with van der Waals surface area (Å²) in [7, 11) is 0. The van der Waals surface area contributed by atoms with Crippen molar-refractivity contribution in [1.29, 1.82) is 0 Å². The number of halogens is 3. The third kappa shape index (κ3) is 5.74. The van der Waals surface area contributed by atoms with E-state index in [0.717, 1.165) is 12.1 Å². The van der Waals surface area contributed by atoms with E-state index in [1.165, 1.54) is 6.92 Å². The number of anilines is 1. The molecule has 1 atom stereocenters. The molecular weight excluding hydrogens is 326 g/mol. The lowest BCUT2D eigenvalue weighted by molar-refractivity contribution is -0.141. The van der Waals surface area contributed by atoms with Crippen molar-refractivity contribution in [3.8, 4) is 0 Å². The summed E-state index contributed by atoms with van der Waals surface area (Å²) in [5, 5.41) is 22.7. The number of rotatable bonds is 5. The number of benzene rings is 1. The predicted molar refractivity (Wildman–Crippen MR) is 76.3 cm³/mol. The number of hydrogen-bond donors (Lipinski definition) is 4. The van der Waals surface area contributed by atoms with E-state index in [1.807, 2.05) is 0 Å². The Hall–Kier alpha value is -1.57. The summed E-state index contributed by atoms with van der Waals surface area (Å²) in [4.78, 5) is 22.2. The van der Waals surface area contributed by atoms with Crippen LogP contribution in [0.4, 0.5) is 14.9 Å². The first-order valence-electron chi connectivity index (χ1n) is 5.74. The van der Waals surface area contributed by atoms with E-state index in [1.54, 1.807) is 0 Å². The van der Waals surface area contributed by atoms with Crippen LogP contribution in [0.1, 0.15) is 13.3 Å². The van der Waals surface area contributed by atoms with Gasteiger partial charge in [0.15, 0.2) is 0 Å². The molecule has 1 aromatic rings. The molecule has 0 saturated carbocycles. The van der Waals surface area contributed by atoms with Crippen LogP contribution in [0.25, 0.3) is 0 Å². The van der Waals surface area contributed by atoms with Gasteiger partial charge in [-0.25, -0.2) is 9.18 Å². The molecule has 1 aromatic carbocycles. The number of carboxylic acid groups (broad SMARTS) is 1. The van der Waals surface area contributed by atoms with E-state index in [9.17, 15) is 19.1 Å². The second-order valence-electron chi connectivity index (χ2n) is 4.62. The van der Waals surface area contributed by atoms with Gasteiger partial charge in [-0.1, -0.05) is 23.2 Å². The van der Waals surface area contributed by atoms with Crippen LogP contribution in [0.5, 0.6) is 0 Å². The molecule has 0 bridgehead atoms. The van der Waals surface area contributed by atoms with Crippen LogP contribution in [0.2, 0.25) is 10.0 Å². The van der Waals surface area contributed by atoms with Crippen LogP contribution in [0, 0.1) is 5.82 Å². The summed E-state index contributed by atoms with van der Waals surface area (Å²) in [5.74, 6) is -1.85. The fourth-order valence-electron chi connectivity index (χ4n) is 1.48. The van der Waals surface area contributed by atoms with Crippen LogP contribution in [-0.4, -0.2) is 34.4 Å². The third-order valence-electron chi connectivity index (χ3n) is 2.41. The molecule has 0 fully saturated rings. The number of aliphatic carboxylic acids is 1. The first-order valence-corrected chi connectivity index (χ1v) is 6.50. The average Bonchev–Trinajstić information content (AvgIpc) is 2.29. The van der Waals surface area contributed by atoms with Gasteiger partial charge in [0, 0.05) is 6.54 Å². The molecule has 9 heteroatoms. The highest BCUT2D eigenvalue weighted by Gasteiger charge is 2.25. The summed E-state index contributed by atoms with van der Waals surface area (Å²) in [6.45, 7) is 0.959. The Morgan fingerprint density at radius 2 is 1.86 bits per heavy atom. The van der Waals surface area contributed by atoms with Gasteiger partial charge in [-0.3, -0.25) is 4.79 Å². The van der Waals surface area contributed by atoms with Gasteiger partial charge in [0.2, 0.25) is 0 Å². The van der Waals surface area contributed by atoms with Crippen molar-refractivity contribution in [3.63, 3.8) is 0 Å². The lowest BCUT2D eigenvalue weighted by Gasteiger charge is -2.21. The van der Waals surface area contributed by atoms with Crippen LogP contribution in [-0.2, 0) is 4.79 Å². The van der Waals surface area contributed by atoms with Crippen LogP contribution >= 0.6 is 23.2 Å². The zero-order valence-corrected chi connectivity index (χ0v) is 12.4. The monoisotopic (exact) mass is 338 g/mol. The van der Waals surface area contributed by atoms with Gasteiger partial charge in [-0.05, 0) is 19.1 Å². The predicted octanol–water partition coefficient (Wildman–Crippen LogP) is 2.48. The van der Waals surface area contributed by atoms with Gasteiger partial charge >= 0.3 is 12.0 Å². The molecule has 1 unspecified atom stereocenters. The molecule has 0 spiro atoms. The second-order valence-corrected chi connectivity index (χ2v) is 5.43. The molecular formula is C12H13Cl2FN2O4. The first kappa shape index (κ1) is 17.5. The smallest absolute Gasteiger partial charge is 0.319 e. The lowest BCUT2D eigenvalue weighted by atomic mass is 10.0. The van der Waals surface area contributed by atoms with E-state index in [0.29, 0.717) is 0 Å². The van der Waals surface area contributed by atoms with Crippen molar-refractivity contribution in [2.24, 2.45) is 0 Å². The maximum atomic E-state index is 13.0.